The van der Waals surface area contributed by atoms with Gasteiger partial charge in [-0.3, -0.25) is 4.79 Å². The third-order valence-electron chi connectivity index (χ3n) is 4.53. The van der Waals surface area contributed by atoms with Gasteiger partial charge in [0.25, 0.3) is 5.56 Å². The van der Waals surface area contributed by atoms with E-state index >= 15 is 0 Å². The third kappa shape index (κ3) is 4.05. The molecule has 156 valence electrons. The Labute approximate surface area is 174 Å². The van der Waals surface area contributed by atoms with Gasteiger partial charge in [-0.1, -0.05) is 24.3 Å². The van der Waals surface area contributed by atoms with E-state index < -0.39 is 17.3 Å². The number of hydrogen-bond acceptors (Lipinski definition) is 6. The van der Waals surface area contributed by atoms with Crippen molar-refractivity contribution < 1.29 is 13.2 Å². The first kappa shape index (κ1) is 21.4. The molecule has 0 aliphatic heterocycles. The summed E-state index contributed by atoms with van der Waals surface area (Å²) in [5.41, 5.74) is 4.64. The van der Waals surface area contributed by atoms with Crippen LogP contribution >= 0.6 is 0 Å². The minimum atomic E-state index is -4.55. The number of nitrogens with zero attached hydrogens (tertiary/aromatic N) is 4. The van der Waals surface area contributed by atoms with Crippen molar-refractivity contribution in [3.8, 4) is 34.5 Å². The molecule has 0 spiro atoms. The van der Waals surface area contributed by atoms with Gasteiger partial charge in [0.05, 0.1) is 11.3 Å². The standard InChI is InChI=1S/C21H15F3N6O/c1-30(2)17-8-13(21(22,23)24)7-16(28-17)11-3-5-12(6-4-11)18-14(9-25)19(27)29-20(31)15(18)10-26/h3-8H,1-2H3,(H3,27,29,31). The number of aromatic amines is 1. The highest BCUT2D eigenvalue weighted by atomic mass is 19.4. The lowest BCUT2D eigenvalue weighted by Gasteiger charge is -2.16. The summed E-state index contributed by atoms with van der Waals surface area (Å²) < 4.78 is 39.9. The second-order valence-corrected chi connectivity index (χ2v) is 6.79. The van der Waals surface area contributed by atoms with Gasteiger partial charge in [-0.25, -0.2) is 4.98 Å². The first-order chi connectivity index (χ1) is 14.6. The highest BCUT2D eigenvalue weighted by molar-refractivity contribution is 5.81. The number of aromatic nitrogens is 2. The average Bonchev–Trinajstić information content (AvgIpc) is 2.72. The molecule has 0 unspecified atom stereocenters. The zero-order valence-corrected chi connectivity index (χ0v) is 16.4. The number of rotatable bonds is 3. The van der Waals surface area contributed by atoms with E-state index in [1.54, 1.807) is 20.2 Å². The zero-order valence-electron chi connectivity index (χ0n) is 16.4. The molecule has 0 bridgehead atoms. The predicted octanol–water partition coefficient (Wildman–Crippen LogP) is 3.51. The molecular formula is C21H15F3N6O. The van der Waals surface area contributed by atoms with E-state index in [0.29, 0.717) is 11.1 Å². The van der Waals surface area contributed by atoms with Gasteiger partial charge in [0.2, 0.25) is 0 Å². The van der Waals surface area contributed by atoms with Gasteiger partial charge in [0.15, 0.2) is 0 Å². The van der Waals surface area contributed by atoms with Crippen molar-refractivity contribution in [1.82, 2.24) is 9.97 Å². The number of nitriles is 2. The van der Waals surface area contributed by atoms with E-state index in [1.807, 2.05) is 6.07 Å². The van der Waals surface area contributed by atoms with E-state index in [9.17, 15) is 28.5 Å². The van der Waals surface area contributed by atoms with Crippen LogP contribution in [0, 0.1) is 22.7 Å². The van der Waals surface area contributed by atoms with E-state index in [4.69, 9.17) is 5.73 Å². The van der Waals surface area contributed by atoms with Gasteiger partial charge in [0.1, 0.15) is 34.9 Å². The van der Waals surface area contributed by atoms with Crippen molar-refractivity contribution in [3.05, 3.63) is 63.4 Å². The average molecular weight is 424 g/mol. The Balaban J connectivity index is 2.17. The van der Waals surface area contributed by atoms with E-state index in [2.05, 4.69) is 9.97 Å². The van der Waals surface area contributed by atoms with Crippen LogP contribution in [0.5, 0.6) is 0 Å². The Hall–Kier alpha value is -4.31. The molecule has 31 heavy (non-hydrogen) atoms. The van der Waals surface area contributed by atoms with Gasteiger partial charge < -0.3 is 15.6 Å². The molecule has 0 aliphatic rings. The molecule has 7 nitrogen and oxygen atoms in total. The Morgan fingerprint density at radius 1 is 1.03 bits per heavy atom. The second-order valence-electron chi connectivity index (χ2n) is 6.79. The first-order valence-electron chi connectivity index (χ1n) is 8.80. The molecule has 0 saturated carbocycles. The van der Waals surface area contributed by atoms with Crippen molar-refractivity contribution in [3.63, 3.8) is 0 Å². The van der Waals surface area contributed by atoms with Gasteiger partial charge in [-0.2, -0.15) is 23.7 Å². The summed E-state index contributed by atoms with van der Waals surface area (Å²) in [4.78, 5) is 20.0. The lowest BCUT2D eigenvalue weighted by molar-refractivity contribution is -0.137. The number of alkyl halides is 3. The number of hydrogen-bond donors (Lipinski definition) is 2. The maximum Gasteiger partial charge on any atom is 0.416 e. The summed E-state index contributed by atoms with van der Waals surface area (Å²) in [6, 6.07) is 11.5. The van der Waals surface area contributed by atoms with Crippen LogP contribution in [0.4, 0.5) is 24.8 Å². The summed E-state index contributed by atoms with van der Waals surface area (Å²) in [5, 5.41) is 18.8. The minimum absolute atomic E-state index is 0.0591. The largest absolute Gasteiger partial charge is 0.416 e. The number of H-pyrrole nitrogens is 1. The fourth-order valence-electron chi connectivity index (χ4n) is 3.00. The molecule has 10 heteroatoms. The van der Waals surface area contributed by atoms with Crippen molar-refractivity contribution in [2.45, 2.75) is 6.18 Å². The number of anilines is 2. The number of nitrogens with one attached hydrogen (secondary N) is 1. The number of pyridine rings is 2. The Morgan fingerprint density at radius 3 is 2.13 bits per heavy atom. The summed E-state index contributed by atoms with van der Waals surface area (Å²) >= 11 is 0. The van der Waals surface area contributed by atoms with E-state index in [0.717, 1.165) is 12.1 Å². The third-order valence-corrected chi connectivity index (χ3v) is 4.53. The van der Waals surface area contributed by atoms with Crippen LogP contribution < -0.4 is 16.2 Å². The Kier molecular flexibility index (Phi) is 5.41. The lowest BCUT2D eigenvalue weighted by atomic mass is 9.95. The molecule has 0 aliphatic carbocycles. The first-order valence-corrected chi connectivity index (χ1v) is 8.80. The van der Waals surface area contributed by atoms with Gasteiger partial charge in [-0.15, -0.1) is 0 Å². The van der Waals surface area contributed by atoms with Gasteiger partial charge in [0, 0.05) is 25.2 Å². The van der Waals surface area contributed by atoms with E-state index in [1.165, 1.54) is 29.2 Å². The normalized spacial score (nSPS) is 10.9. The van der Waals surface area contributed by atoms with Crippen LogP contribution in [-0.2, 0) is 6.18 Å². The molecule has 0 radical (unpaired) electrons. The zero-order chi connectivity index (χ0) is 22.9. The number of nitrogen functional groups attached to an aromatic ring is 1. The molecule has 0 atom stereocenters. The minimum Gasteiger partial charge on any atom is -0.384 e. The van der Waals surface area contributed by atoms with E-state index in [-0.39, 0.29) is 34.0 Å². The quantitative estimate of drug-likeness (QED) is 0.663. The molecule has 1 aromatic carbocycles. The molecule has 0 fully saturated rings. The van der Waals surface area contributed by atoms with Gasteiger partial charge in [-0.05, 0) is 17.7 Å². The number of halogens is 3. The van der Waals surface area contributed by atoms with Crippen LogP contribution in [0.15, 0.2) is 41.2 Å². The SMILES string of the molecule is CN(C)c1cc(C(F)(F)F)cc(-c2ccc(-c3c(C#N)c(N)[nH]c(=O)c3C#N)cc2)n1. The van der Waals surface area contributed by atoms with Gasteiger partial charge >= 0.3 is 6.18 Å². The van der Waals surface area contributed by atoms with Crippen molar-refractivity contribution in [2.24, 2.45) is 0 Å². The molecular weight excluding hydrogens is 409 g/mol. The van der Waals surface area contributed by atoms with Crippen LogP contribution in [0.3, 0.4) is 0 Å². The van der Waals surface area contributed by atoms with Crippen LogP contribution in [0.2, 0.25) is 0 Å². The highest BCUT2D eigenvalue weighted by Crippen LogP contribution is 2.35. The molecule has 3 rings (SSSR count). The van der Waals surface area contributed by atoms with Crippen LogP contribution in [-0.4, -0.2) is 24.1 Å². The monoisotopic (exact) mass is 424 g/mol. The summed E-state index contributed by atoms with van der Waals surface area (Å²) in [7, 11) is 3.17. The lowest BCUT2D eigenvalue weighted by Crippen LogP contribution is -2.16. The molecule has 3 aromatic rings. The molecule has 2 heterocycles. The van der Waals surface area contributed by atoms with Crippen molar-refractivity contribution in [2.75, 3.05) is 24.7 Å². The number of nitrogens with two attached hydrogens (primary N) is 1. The predicted molar refractivity (Wildman–Crippen MR) is 109 cm³/mol. The molecule has 0 amide bonds. The summed E-state index contributed by atoms with van der Waals surface area (Å²) in [6.45, 7) is 0. The Bertz CT molecular complexity index is 1300. The topological polar surface area (TPSA) is 123 Å². The highest BCUT2D eigenvalue weighted by Gasteiger charge is 2.32. The van der Waals surface area contributed by atoms with Crippen molar-refractivity contribution in [1.29, 1.82) is 10.5 Å². The number of benzene rings is 1. The second kappa shape index (κ2) is 7.84. The van der Waals surface area contributed by atoms with Crippen LogP contribution in [0.1, 0.15) is 16.7 Å². The smallest absolute Gasteiger partial charge is 0.384 e. The summed E-state index contributed by atoms with van der Waals surface area (Å²) in [6.07, 6.45) is -4.55. The Morgan fingerprint density at radius 2 is 1.61 bits per heavy atom. The van der Waals surface area contributed by atoms with Crippen LogP contribution in [0.25, 0.3) is 22.4 Å². The maximum atomic E-state index is 13.3. The fraction of sp³-hybridized carbons (Fsp3) is 0.143. The molecule has 2 aromatic heterocycles. The fourth-order valence-corrected chi connectivity index (χ4v) is 3.00. The summed E-state index contributed by atoms with van der Waals surface area (Å²) in [5.74, 6) is -0.0458. The molecule has 0 saturated heterocycles. The van der Waals surface area contributed by atoms with Crippen molar-refractivity contribution >= 4 is 11.6 Å². The maximum absolute atomic E-state index is 13.3. The molecule has 3 N–H and O–H groups in total.